The highest BCUT2D eigenvalue weighted by molar-refractivity contribution is 5.37. The third-order valence-corrected chi connectivity index (χ3v) is 3.76. The number of alkyl halides is 1. The summed E-state index contributed by atoms with van der Waals surface area (Å²) in [6.45, 7) is 3.23. The first kappa shape index (κ1) is 15.3. The zero-order valence-corrected chi connectivity index (χ0v) is 12.3. The Balaban J connectivity index is 1.99. The van der Waals surface area contributed by atoms with Gasteiger partial charge >= 0.3 is 0 Å². The van der Waals surface area contributed by atoms with Crippen molar-refractivity contribution in [2.45, 2.75) is 45.1 Å². The molecule has 0 spiro atoms. The second-order valence-electron chi connectivity index (χ2n) is 5.57. The van der Waals surface area contributed by atoms with E-state index >= 15 is 0 Å². The van der Waals surface area contributed by atoms with Gasteiger partial charge in [0.1, 0.15) is 5.75 Å². The lowest BCUT2D eigenvalue weighted by atomic mass is 9.89. The van der Waals surface area contributed by atoms with Crippen molar-refractivity contribution >= 4 is 0 Å². The van der Waals surface area contributed by atoms with Crippen molar-refractivity contribution in [1.82, 2.24) is 4.90 Å². The standard InChI is InChI=1S/C16H24FNO2/c1-3-9-18(2)11-16(17)20-15-6-4-5-12-7-8-13(19)10-14(12)15/h7-8,10,15-16,19H,3-6,9,11H2,1-2H3/t15-,16?/m0/s1. The van der Waals surface area contributed by atoms with Crippen LogP contribution in [0.4, 0.5) is 4.39 Å². The number of hydrogen-bond acceptors (Lipinski definition) is 3. The fraction of sp³-hybridized carbons (Fsp3) is 0.625. The van der Waals surface area contributed by atoms with E-state index in [-0.39, 0.29) is 11.9 Å². The molecular formula is C16H24FNO2. The highest BCUT2D eigenvalue weighted by atomic mass is 19.1. The summed E-state index contributed by atoms with van der Waals surface area (Å²) in [6.07, 6.45) is 2.26. The van der Waals surface area contributed by atoms with Crippen LogP contribution in [0.5, 0.6) is 5.75 Å². The van der Waals surface area contributed by atoms with Gasteiger partial charge in [-0.3, -0.25) is 0 Å². The second-order valence-corrected chi connectivity index (χ2v) is 5.57. The molecule has 0 saturated heterocycles. The molecule has 2 atom stereocenters. The smallest absolute Gasteiger partial charge is 0.212 e. The van der Waals surface area contributed by atoms with Crippen molar-refractivity contribution in [3.05, 3.63) is 29.3 Å². The number of halogens is 1. The molecule has 1 aromatic rings. The van der Waals surface area contributed by atoms with Gasteiger partial charge in [0.25, 0.3) is 0 Å². The van der Waals surface area contributed by atoms with Crippen molar-refractivity contribution in [3.63, 3.8) is 0 Å². The summed E-state index contributed by atoms with van der Waals surface area (Å²) in [6, 6.07) is 5.31. The van der Waals surface area contributed by atoms with E-state index in [1.807, 2.05) is 18.0 Å². The molecule has 0 fully saturated rings. The number of nitrogens with zero attached hydrogens (tertiary/aromatic N) is 1. The summed E-state index contributed by atoms with van der Waals surface area (Å²) in [5.74, 6) is 0.220. The fourth-order valence-corrected chi connectivity index (χ4v) is 2.82. The van der Waals surface area contributed by atoms with Gasteiger partial charge in [0, 0.05) is 0 Å². The highest BCUT2D eigenvalue weighted by Crippen LogP contribution is 2.35. The van der Waals surface area contributed by atoms with Crippen LogP contribution in [0.25, 0.3) is 0 Å². The van der Waals surface area contributed by atoms with Gasteiger partial charge in [0.05, 0.1) is 12.6 Å². The van der Waals surface area contributed by atoms with Gasteiger partial charge in [-0.2, -0.15) is 0 Å². The second kappa shape index (κ2) is 7.04. The zero-order valence-electron chi connectivity index (χ0n) is 12.3. The van der Waals surface area contributed by atoms with Crippen LogP contribution in [-0.4, -0.2) is 36.5 Å². The molecule has 1 N–H and O–H groups in total. The monoisotopic (exact) mass is 281 g/mol. The van der Waals surface area contributed by atoms with Gasteiger partial charge in [0.2, 0.25) is 6.36 Å². The number of ether oxygens (including phenoxy) is 1. The summed E-state index contributed by atoms with van der Waals surface area (Å²) in [4.78, 5) is 1.94. The van der Waals surface area contributed by atoms with Crippen LogP contribution >= 0.6 is 0 Å². The zero-order chi connectivity index (χ0) is 14.5. The normalized spacial score (nSPS) is 19.9. The molecule has 0 amide bonds. The number of fused-ring (bicyclic) bond motifs is 1. The number of likely N-dealkylation sites (N-methyl/N-ethyl adjacent to an activating group) is 1. The average Bonchev–Trinajstić information content (AvgIpc) is 2.39. The number of rotatable bonds is 6. The number of benzene rings is 1. The first-order chi connectivity index (χ1) is 9.60. The Labute approximate surface area is 120 Å². The van der Waals surface area contributed by atoms with E-state index in [0.29, 0.717) is 6.54 Å². The molecule has 1 aromatic carbocycles. The van der Waals surface area contributed by atoms with Crippen molar-refractivity contribution < 1.29 is 14.2 Å². The SMILES string of the molecule is CCCN(C)CC(F)O[C@H]1CCCc2ccc(O)cc21. The minimum atomic E-state index is -1.29. The molecule has 2 rings (SSSR count). The van der Waals surface area contributed by atoms with Gasteiger partial charge in [-0.05, 0) is 62.5 Å². The number of hydrogen-bond donors (Lipinski definition) is 1. The van der Waals surface area contributed by atoms with Crippen LogP contribution < -0.4 is 0 Å². The quantitative estimate of drug-likeness (QED) is 0.867. The summed E-state index contributed by atoms with van der Waals surface area (Å²) in [7, 11) is 1.90. The lowest BCUT2D eigenvalue weighted by molar-refractivity contribution is -0.103. The number of phenols is 1. The fourth-order valence-electron chi connectivity index (χ4n) is 2.82. The van der Waals surface area contributed by atoms with Crippen LogP contribution in [0.1, 0.15) is 43.4 Å². The Kier molecular flexibility index (Phi) is 5.38. The molecule has 0 aromatic heterocycles. The molecular weight excluding hydrogens is 257 g/mol. The molecule has 3 nitrogen and oxygen atoms in total. The van der Waals surface area contributed by atoms with Crippen LogP contribution in [0.3, 0.4) is 0 Å². The van der Waals surface area contributed by atoms with Gasteiger partial charge in [0.15, 0.2) is 0 Å². The maximum atomic E-state index is 14.0. The van der Waals surface area contributed by atoms with E-state index in [1.165, 1.54) is 0 Å². The first-order valence-corrected chi connectivity index (χ1v) is 7.40. The van der Waals surface area contributed by atoms with E-state index in [2.05, 4.69) is 6.92 Å². The molecule has 20 heavy (non-hydrogen) atoms. The van der Waals surface area contributed by atoms with E-state index in [9.17, 15) is 9.50 Å². The number of phenolic OH excluding ortho intramolecular Hbond substituents is 1. The maximum Gasteiger partial charge on any atom is 0.212 e. The van der Waals surface area contributed by atoms with E-state index in [0.717, 1.165) is 43.4 Å². The molecule has 1 aliphatic rings. The summed E-state index contributed by atoms with van der Waals surface area (Å²) in [5.41, 5.74) is 2.10. The molecule has 0 bridgehead atoms. The Morgan fingerprint density at radius 2 is 2.30 bits per heavy atom. The molecule has 0 aliphatic heterocycles. The predicted octanol–water partition coefficient (Wildman–Crippen LogP) is 3.42. The van der Waals surface area contributed by atoms with Gasteiger partial charge in [-0.15, -0.1) is 0 Å². The van der Waals surface area contributed by atoms with Crippen molar-refractivity contribution in [3.8, 4) is 5.75 Å². The molecule has 0 saturated carbocycles. The van der Waals surface area contributed by atoms with Crippen LogP contribution in [0, 0.1) is 0 Å². The number of aromatic hydroxyl groups is 1. The van der Waals surface area contributed by atoms with Gasteiger partial charge < -0.3 is 14.7 Å². The Hall–Kier alpha value is -1.13. The molecule has 1 aliphatic carbocycles. The number of aryl methyl sites for hydroxylation is 1. The first-order valence-electron chi connectivity index (χ1n) is 7.40. The van der Waals surface area contributed by atoms with E-state index in [4.69, 9.17) is 4.74 Å². The van der Waals surface area contributed by atoms with Crippen LogP contribution in [0.2, 0.25) is 0 Å². The third kappa shape index (κ3) is 3.93. The Morgan fingerprint density at radius 1 is 1.50 bits per heavy atom. The Morgan fingerprint density at radius 3 is 3.05 bits per heavy atom. The summed E-state index contributed by atoms with van der Waals surface area (Å²) < 4.78 is 19.6. The minimum Gasteiger partial charge on any atom is -0.508 e. The maximum absolute atomic E-state index is 14.0. The van der Waals surface area contributed by atoms with Crippen LogP contribution in [-0.2, 0) is 11.2 Å². The Bertz CT molecular complexity index is 438. The van der Waals surface area contributed by atoms with E-state index in [1.54, 1.807) is 12.1 Å². The van der Waals surface area contributed by atoms with Crippen molar-refractivity contribution in [2.24, 2.45) is 0 Å². The lowest BCUT2D eigenvalue weighted by Crippen LogP contribution is -2.30. The average molecular weight is 281 g/mol. The molecule has 4 heteroatoms. The van der Waals surface area contributed by atoms with E-state index < -0.39 is 6.36 Å². The minimum absolute atomic E-state index is 0.220. The van der Waals surface area contributed by atoms with Gasteiger partial charge in [-0.1, -0.05) is 13.0 Å². The predicted molar refractivity (Wildman–Crippen MR) is 77.6 cm³/mol. The molecule has 0 radical (unpaired) electrons. The summed E-state index contributed by atoms with van der Waals surface area (Å²) >= 11 is 0. The third-order valence-electron chi connectivity index (χ3n) is 3.76. The van der Waals surface area contributed by atoms with Crippen molar-refractivity contribution in [2.75, 3.05) is 20.1 Å². The molecule has 0 heterocycles. The van der Waals surface area contributed by atoms with Crippen molar-refractivity contribution in [1.29, 1.82) is 0 Å². The van der Waals surface area contributed by atoms with Gasteiger partial charge in [-0.25, -0.2) is 4.39 Å². The van der Waals surface area contributed by atoms with Crippen LogP contribution in [0.15, 0.2) is 18.2 Å². The summed E-state index contributed by atoms with van der Waals surface area (Å²) in [5, 5.41) is 9.60. The highest BCUT2D eigenvalue weighted by Gasteiger charge is 2.24. The molecule has 1 unspecified atom stereocenters. The topological polar surface area (TPSA) is 32.7 Å². The molecule has 112 valence electrons. The lowest BCUT2D eigenvalue weighted by Gasteiger charge is -2.28. The largest absolute Gasteiger partial charge is 0.508 e.